The van der Waals surface area contributed by atoms with Crippen molar-refractivity contribution in [3.05, 3.63) is 62.0 Å². The summed E-state index contributed by atoms with van der Waals surface area (Å²) in [7, 11) is 0. The predicted octanol–water partition coefficient (Wildman–Crippen LogP) is 2.50. The van der Waals surface area contributed by atoms with Crippen molar-refractivity contribution in [1.29, 1.82) is 0 Å². The topological polar surface area (TPSA) is 109 Å². The highest BCUT2D eigenvalue weighted by atomic mass is 32.1. The number of H-pyrrole nitrogens is 1. The number of aromatic nitrogens is 2. The van der Waals surface area contributed by atoms with Crippen LogP contribution < -0.4 is 5.56 Å². The van der Waals surface area contributed by atoms with Gasteiger partial charge in [0.05, 0.1) is 16.5 Å². The maximum atomic E-state index is 12.4. The Hall–Kier alpha value is -3.33. The first-order valence-corrected chi connectivity index (χ1v) is 9.74. The second kappa shape index (κ2) is 6.93. The monoisotopic (exact) mass is 411 g/mol. The Bertz CT molecular complexity index is 1210. The molecule has 9 heteroatoms. The van der Waals surface area contributed by atoms with Gasteiger partial charge in [-0.1, -0.05) is 12.1 Å². The number of rotatable bonds is 4. The number of carbonyl (C=O) groups is 3. The average molecular weight is 411 g/mol. The van der Waals surface area contributed by atoms with Gasteiger partial charge in [-0.15, -0.1) is 11.3 Å². The van der Waals surface area contributed by atoms with Gasteiger partial charge in [0.25, 0.3) is 17.4 Å². The van der Waals surface area contributed by atoms with Crippen molar-refractivity contribution in [2.45, 2.75) is 26.9 Å². The van der Waals surface area contributed by atoms with Gasteiger partial charge in [-0.05, 0) is 38.5 Å². The van der Waals surface area contributed by atoms with Crippen LogP contribution in [0.1, 0.15) is 50.0 Å². The lowest BCUT2D eigenvalue weighted by Gasteiger charge is -2.16. The lowest BCUT2D eigenvalue weighted by molar-refractivity contribution is -0.149. The lowest BCUT2D eigenvalue weighted by atomic mass is 10.1. The zero-order valence-electron chi connectivity index (χ0n) is 15.9. The van der Waals surface area contributed by atoms with Crippen LogP contribution >= 0.6 is 11.3 Å². The molecule has 0 radical (unpaired) electrons. The van der Waals surface area contributed by atoms with E-state index in [9.17, 15) is 19.2 Å². The Morgan fingerprint density at radius 1 is 1.17 bits per heavy atom. The number of aromatic amines is 1. The summed E-state index contributed by atoms with van der Waals surface area (Å²) in [5.41, 5.74) is 1.10. The number of amides is 2. The lowest BCUT2D eigenvalue weighted by Crippen LogP contribution is -2.36. The molecule has 0 bridgehead atoms. The highest BCUT2D eigenvalue weighted by Crippen LogP contribution is 2.27. The van der Waals surface area contributed by atoms with Crippen LogP contribution in [0.3, 0.4) is 0 Å². The Balaban J connectivity index is 1.51. The summed E-state index contributed by atoms with van der Waals surface area (Å²) in [5, 5.41) is 0.529. The molecule has 4 rings (SSSR count). The molecule has 1 aromatic carbocycles. The van der Waals surface area contributed by atoms with E-state index in [1.807, 2.05) is 13.8 Å². The van der Waals surface area contributed by atoms with Gasteiger partial charge in [-0.2, -0.15) is 0 Å². The minimum atomic E-state index is -0.850. The summed E-state index contributed by atoms with van der Waals surface area (Å²) < 4.78 is 5.32. The van der Waals surface area contributed by atoms with Crippen molar-refractivity contribution in [1.82, 2.24) is 14.9 Å². The van der Waals surface area contributed by atoms with Crippen LogP contribution in [0, 0.1) is 13.8 Å². The van der Waals surface area contributed by atoms with E-state index in [-0.39, 0.29) is 22.5 Å². The third-order valence-electron chi connectivity index (χ3n) is 4.92. The second-order valence-corrected chi connectivity index (χ2v) is 7.99. The van der Waals surface area contributed by atoms with Crippen molar-refractivity contribution >= 4 is 39.3 Å². The van der Waals surface area contributed by atoms with E-state index in [4.69, 9.17) is 4.74 Å². The van der Waals surface area contributed by atoms with Gasteiger partial charge >= 0.3 is 5.97 Å². The molecule has 0 aliphatic carbocycles. The van der Waals surface area contributed by atoms with E-state index in [0.29, 0.717) is 10.2 Å². The fourth-order valence-electron chi connectivity index (χ4n) is 3.27. The van der Waals surface area contributed by atoms with Crippen LogP contribution in [0.25, 0.3) is 10.2 Å². The van der Waals surface area contributed by atoms with Crippen molar-refractivity contribution in [2.24, 2.45) is 0 Å². The Morgan fingerprint density at radius 3 is 2.41 bits per heavy atom. The number of hydrogen-bond donors (Lipinski definition) is 1. The molecule has 0 unspecified atom stereocenters. The number of esters is 1. The number of fused-ring (bicyclic) bond motifs is 2. The van der Waals surface area contributed by atoms with E-state index in [1.54, 1.807) is 31.2 Å². The molecule has 1 N–H and O–H groups in total. The first-order chi connectivity index (χ1) is 13.8. The summed E-state index contributed by atoms with van der Waals surface area (Å²) in [6.07, 6.45) is -0.850. The zero-order chi connectivity index (χ0) is 20.9. The number of ether oxygens (including phenoxy) is 1. The molecular formula is C20H17N3O5S. The number of hydrogen-bond acceptors (Lipinski definition) is 7. The van der Waals surface area contributed by atoms with Crippen molar-refractivity contribution in [3.8, 4) is 0 Å². The zero-order valence-corrected chi connectivity index (χ0v) is 16.8. The maximum absolute atomic E-state index is 12.4. The van der Waals surface area contributed by atoms with Gasteiger partial charge in [0.1, 0.15) is 11.4 Å². The fourth-order valence-corrected chi connectivity index (χ4v) is 4.30. The Labute approximate surface area is 169 Å². The summed E-state index contributed by atoms with van der Waals surface area (Å²) in [4.78, 5) is 58.9. The first kappa shape index (κ1) is 19.0. The van der Waals surface area contributed by atoms with Gasteiger partial charge < -0.3 is 9.72 Å². The van der Waals surface area contributed by atoms with E-state index >= 15 is 0 Å². The number of imide groups is 1. The average Bonchev–Trinajstić information content (AvgIpc) is 3.10. The quantitative estimate of drug-likeness (QED) is 0.522. The molecule has 1 atom stereocenters. The van der Waals surface area contributed by atoms with E-state index < -0.39 is 30.4 Å². The minimum absolute atomic E-state index is 0.208. The number of thiophene rings is 1. The summed E-state index contributed by atoms with van der Waals surface area (Å²) in [6, 6.07) is 6.39. The molecule has 0 spiro atoms. The summed E-state index contributed by atoms with van der Waals surface area (Å²) in [5.74, 6) is -1.63. The van der Waals surface area contributed by atoms with Crippen LogP contribution in [0.15, 0.2) is 29.1 Å². The smallest absolute Gasteiger partial charge is 0.326 e. The van der Waals surface area contributed by atoms with Gasteiger partial charge in [0.2, 0.25) is 0 Å². The van der Waals surface area contributed by atoms with Crippen LogP contribution in [-0.2, 0) is 9.53 Å². The first-order valence-electron chi connectivity index (χ1n) is 8.92. The molecule has 148 valence electrons. The van der Waals surface area contributed by atoms with Crippen LogP contribution in [0.5, 0.6) is 0 Å². The van der Waals surface area contributed by atoms with Crippen LogP contribution in [0.2, 0.25) is 0 Å². The van der Waals surface area contributed by atoms with E-state index in [2.05, 4.69) is 9.97 Å². The molecule has 29 heavy (non-hydrogen) atoms. The number of aryl methyl sites for hydroxylation is 2. The van der Waals surface area contributed by atoms with Crippen LogP contribution in [-0.4, -0.2) is 39.2 Å². The summed E-state index contributed by atoms with van der Waals surface area (Å²) in [6.45, 7) is 4.82. The molecule has 1 aliphatic rings. The van der Waals surface area contributed by atoms with Gasteiger partial charge in [-0.25, -0.2) is 4.98 Å². The highest BCUT2D eigenvalue weighted by molar-refractivity contribution is 7.18. The molecule has 2 aromatic heterocycles. The largest absolute Gasteiger partial charge is 0.453 e. The van der Waals surface area contributed by atoms with Crippen LogP contribution in [0.4, 0.5) is 0 Å². The third kappa shape index (κ3) is 3.13. The number of nitrogens with one attached hydrogen (secondary N) is 1. The van der Waals surface area contributed by atoms with Gasteiger partial charge in [0, 0.05) is 4.88 Å². The van der Waals surface area contributed by atoms with Crippen molar-refractivity contribution in [2.75, 3.05) is 6.54 Å². The van der Waals surface area contributed by atoms with E-state index in [1.165, 1.54) is 11.3 Å². The van der Waals surface area contributed by atoms with E-state index in [0.717, 1.165) is 15.3 Å². The normalized spacial score (nSPS) is 14.4. The molecule has 2 amide bonds. The van der Waals surface area contributed by atoms with Gasteiger partial charge in [-0.3, -0.25) is 24.1 Å². The predicted molar refractivity (Wildman–Crippen MR) is 106 cm³/mol. The Kier molecular flexibility index (Phi) is 4.54. The van der Waals surface area contributed by atoms with Crippen molar-refractivity contribution in [3.63, 3.8) is 0 Å². The SMILES string of the molecule is Cc1sc2nc([C@@H](C)OC(=O)CN3C(=O)c4ccccc4C3=O)[nH]c(=O)c2c1C. The highest BCUT2D eigenvalue weighted by Gasteiger charge is 2.37. The number of nitrogens with zero attached hydrogens (tertiary/aromatic N) is 2. The molecular weight excluding hydrogens is 394 g/mol. The van der Waals surface area contributed by atoms with Crippen molar-refractivity contribution < 1.29 is 19.1 Å². The molecule has 3 aromatic rings. The molecule has 0 saturated carbocycles. The summed E-state index contributed by atoms with van der Waals surface area (Å²) >= 11 is 1.39. The molecule has 0 fully saturated rings. The molecule has 1 aliphatic heterocycles. The minimum Gasteiger partial charge on any atom is -0.453 e. The molecule has 0 saturated heterocycles. The van der Waals surface area contributed by atoms with Gasteiger partial charge in [0.15, 0.2) is 11.9 Å². The Morgan fingerprint density at radius 2 is 1.79 bits per heavy atom. The third-order valence-corrected chi connectivity index (χ3v) is 6.02. The standard InChI is InChI=1S/C20H17N3O5S/c1-9-11(3)29-18-15(9)17(25)21-16(22-18)10(2)28-14(24)8-23-19(26)12-6-4-5-7-13(12)20(23)27/h4-7,10H,8H2,1-3H3,(H,21,22,25)/t10-/m1/s1. The maximum Gasteiger partial charge on any atom is 0.326 e. The fraction of sp³-hybridized carbons (Fsp3) is 0.250. The molecule has 3 heterocycles. The number of benzene rings is 1. The molecule has 8 nitrogen and oxygen atoms in total. The number of carbonyl (C=O) groups excluding carboxylic acids is 3. The second-order valence-electron chi connectivity index (χ2n) is 6.79.